The molecule has 4 heteroatoms. The molecular weight excluding hydrogens is 206 g/mol. The zero-order valence-electron chi connectivity index (χ0n) is 9.20. The molecule has 0 atom stereocenters. The fraction of sp³-hybridized carbons (Fsp3) is 0.167. The van der Waals surface area contributed by atoms with Crippen molar-refractivity contribution in [2.75, 3.05) is 5.32 Å². The van der Waals surface area contributed by atoms with E-state index in [0.29, 0.717) is 11.3 Å². The Morgan fingerprint density at radius 3 is 2.50 bits per heavy atom. The predicted octanol–water partition coefficient (Wildman–Crippen LogP) is 2.21. The third kappa shape index (κ3) is 2.70. The maximum atomic E-state index is 11.4. The SMILES string of the molecule is C=C(C)C(=O)Nc1cc(C(=O)O)ccc1C. The number of carbonyl (C=O) groups excluding carboxylic acids is 1. The van der Waals surface area contributed by atoms with Gasteiger partial charge in [0.2, 0.25) is 0 Å². The van der Waals surface area contributed by atoms with Gasteiger partial charge in [0.25, 0.3) is 5.91 Å². The van der Waals surface area contributed by atoms with Gasteiger partial charge in [-0.2, -0.15) is 0 Å². The monoisotopic (exact) mass is 219 g/mol. The first-order chi connectivity index (χ1) is 7.41. The molecule has 0 spiro atoms. The van der Waals surface area contributed by atoms with E-state index < -0.39 is 5.97 Å². The molecule has 0 aliphatic carbocycles. The van der Waals surface area contributed by atoms with Gasteiger partial charge in [0, 0.05) is 11.3 Å². The average molecular weight is 219 g/mol. The largest absolute Gasteiger partial charge is 0.478 e. The van der Waals surface area contributed by atoms with Crippen LogP contribution in [0.3, 0.4) is 0 Å². The third-order valence-corrected chi connectivity index (χ3v) is 2.12. The summed E-state index contributed by atoms with van der Waals surface area (Å²) in [6.45, 7) is 6.89. The minimum Gasteiger partial charge on any atom is -0.478 e. The first-order valence-electron chi connectivity index (χ1n) is 4.72. The number of hydrogen-bond donors (Lipinski definition) is 2. The van der Waals surface area contributed by atoms with Gasteiger partial charge in [-0.25, -0.2) is 4.79 Å². The van der Waals surface area contributed by atoms with Gasteiger partial charge in [0.05, 0.1) is 5.56 Å². The molecule has 84 valence electrons. The van der Waals surface area contributed by atoms with E-state index in [4.69, 9.17) is 5.11 Å². The number of carboxylic acid groups (broad SMARTS) is 1. The second-order valence-electron chi connectivity index (χ2n) is 3.57. The van der Waals surface area contributed by atoms with E-state index in [1.54, 1.807) is 19.9 Å². The lowest BCUT2D eigenvalue weighted by Gasteiger charge is -2.08. The van der Waals surface area contributed by atoms with Crippen molar-refractivity contribution in [2.24, 2.45) is 0 Å². The Bertz CT molecular complexity index is 463. The summed E-state index contributed by atoms with van der Waals surface area (Å²) in [7, 11) is 0. The van der Waals surface area contributed by atoms with Gasteiger partial charge in [0.1, 0.15) is 0 Å². The van der Waals surface area contributed by atoms with Crippen LogP contribution in [0.5, 0.6) is 0 Å². The molecule has 2 N–H and O–H groups in total. The summed E-state index contributed by atoms with van der Waals surface area (Å²) in [4.78, 5) is 22.1. The Morgan fingerprint density at radius 1 is 1.38 bits per heavy atom. The van der Waals surface area contributed by atoms with Crippen LogP contribution in [-0.2, 0) is 4.79 Å². The third-order valence-electron chi connectivity index (χ3n) is 2.12. The van der Waals surface area contributed by atoms with Crippen LogP contribution in [0.15, 0.2) is 30.4 Å². The van der Waals surface area contributed by atoms with Gasteiger partial charge in [0.15, 0.2) is 0 Å². The summed E-state index contributed by atoms with van der Waals surface area (Å²) in [5.74, 6) is -1.34. The zero-order chi connectivity index (χ0) is 12.3. The molecule has 0 radical (unpaired) electrons. The highest BCUT2D eigenvalue weighted by Gasteiger charge is 2.09. The molecular formula is C12H13NO3. The summed E-state index contributed by atoms with van der Waals surface area (Å²) in [5.41, 5.74) is 1.82. The Balaban J connectivity index is 3.03. The lowest BCUT2D eigenvalue weighted by Crippen LogP contribution is -2.13. The number of aryl methyl sites for hydroxylation is 1. The number of carbonyl (C=O) groups is 2. The summed E-state index contributed by atoms with van der Waals surface area (Å²) in [6, 6.07) is 4.57. The Labute approximate surface area is 93.6 Å². The van der Waals surface area contributed by atoms with E-state index in [1.165, 1.54) is 12.1 Å². The van der Waals surface area contributed by atoms with Gasteiger partial charge in [-0.15, -0.1) is 0 Å². The van der Waals surface area contributed by atoms with E-state index in [2.05, 4.69) is 11.9 Å². The predicted molar refractivity (Wildman–Crippen MR) is 61.6 cm³/mol. The fourth-order valence-electron chi connectivity index (χ4n) is 1.12. The van der Waals surface area contributed by atoms with Crippen LogP contribution < -0.4 is 5.32 Å². The van der Waals surface area contributed by atoms with Crippen molar-refractivity contribution < 1.29 is 14.7 Å². The smallest absolute Gasteiger partial charge is 0.335 e. The lowest BCUT2D eigenvalue weighted by atomic mass is 10.1. The number of aromatic carboxylic acids is 1. The minimum absolute atomic E-state index is 0.141. The fourth-order valence-corrected chi connectivity index (χ4v) is 1.12. The maximum Gasteiger partial charge on any atom is 0.335 e. The molecule has 16 heavy (non-hydrogen) atoms. The number of amides is 1. The van der Waals surface area contributed by atoms with Crippen LogP contribution in [0, 0.1) is 6.92 Å². The molecule has 1 rings (SSSR count). The number of anilines is 1. The number of rotatable bonds is 3. The van der Waals surface area contributed by atoms with Crippen molar-refractivity contribution in [1.82, 2.24) is 0 Å². The van der Waals surface area contributed by atoms with Crippen LogP contribution in [0.4, 0.5) is 5.69 Å². The van der Waals surface area contributed by atoms with Gasteiger partial charge < -0.3 is 10.4 Å². The normalized spacial score (nSPS) is 9.62. The second-order valence-corrected chi connectivity index (χ2v) is 3.57. The van der Waals surface area contributed by atoms with Gasteiger partial charge in [-0.3, -0.25) is 4.79 Å². The Kier molecular flexibility index (Phi) is 3.45. The molecule has 0 fully saturated rings. The number of carboxylic acids is 1. The highest BCUT2D eigenvalue weighted by molar-refractivity contribution is 6.03. The van der Waals surface area contributed by atoms with Crippen molar-refractivity contribution in [3.63, 3.8) is 0 Å². The van der Waals surface area contributed by atoms with Crippen LogP contribution in [0.25, 0.3) is 0 Å². The van der Waals surface area contributed by atoms with Crippen LogP contribution >= 0.6 is 0 Å². The topological polar surface area (TPSA) is 66.4 Å². The Morgan fingerprint density at radius 2 is 2.00 bits per heavy atom. The van der Waals surface area contributed by atoms with E-state index in [9.17, 15) is 9.59 Å². The molecule has 1 aromatic carbocycles. The molecule has 0 aromatic heterocycles. The van der Waals surface area contributed by atoms with Crippen molar-refractivity contribution in [3.8, 4) is 0 Å². The van der Waals surface area contributed by atoms with Crippen molar-refractivity contribution in [1.29, 1.82) is 0 Å². The number of benzene rings is 1. The molecule has 0 bridgehead atoms. The van der Waals surface area contributed by atoms with Gasteiger partial charge in [-0.05, 0) is 31.5 Å². The summed E-state index contributed by atoms with van der Waals surface area (Å²) < 4.78 is 0. The second kappa shape index (κ2) is 4.61. The van der Waals surface area contributed by atoms with Gasteiger partial charge >= 0.3 is 5.97 Å². The molecule has 0 saturated heterocycles. The summed E-state index contributed by atoms with van der Waals surface area (Å²) >= 11 is 0. The molecule has 0 aliphatic heterocycles. The van der Waals surface area contributed by atoms with E-state index in [1.807, 2.05) is 0 Å². The van der Waals surface area contributed by atoms with Crippen LogP contribution in [0.2, 0.25) is 0 Å². The number of hydrogen-bond acceptors (Lipinski definition) is 2. The summed E-state index contributed by atoms with van der Waals surface area (Å²) in [6.07, 6.45) is 0. The van der Waals surface area contributed by atoms with Crippen molar-refractivity contribution in [3.05, 3.63) is 41.5 Å². The zero-order valence-corrected chi connectivity index (χ0v) is 9.20. The molecule has 0 unspecified atom stereocenters. The van der Waals surface area contributed by atoms with Crippen molar-refractivity contribution in [2.45, 2.75) is 13.8 Å². The Hall–Kier alpha value is -2.10. The van der Waals surface area contributed by atoms with E-state index in [-0.39, 0.29) is 11.5 Å². The van der Waals surface area contributed by atoms with Crippen LogP contribution in [-0.4, -0.2) is 17.0 Å². The molecule has 1 aromatic rings. The summed E-state index contributed by atoms with van der Waals surface area (Å²) in [5, 5.41) is 11.4. The number of nitrogens with one attached hydrogen (secondary N) is 1. The lowest BCUT2D eigenvalue weighted by molar-refractivity contribution is -0.112. The highest BCUT2D eigenvalue weighted by Crippen LogP contribution is 2.17. The first kappa shape index (κ1) is 12.0. The molecule has 0 heterocycles. The highest BCUT2D eigenvalue weighted by atomic mass is 16.4. The minimum atomic E-state index is -1.02. The van der Waals surface area contributed by atoms with Crippen molar-refractivity contribution >= 4 is 17.6 Å². The van der Waals surface area contributed by atoms with E-state index >= 15 is 0 Å². The quantitative estimate of drug-likeness (QED) is 0.766. The van der Waals surface area contributed by atoms with Crippen LogP contribution in [0.1, 0.15) is 22.8 Å². The average Bonchev–Trinajstić information content (AvgIpc) is 2.20. The first-order valence-corrected chi connectivity index (χ1v) is 4.72. The van der Waals surface area contributed by atoms with Gasteiger partial charge in [-0.1, -0.05) is 12.6 Å². The molecule has 4 nitrogen and oxygen atoms in total. The van der Waals surface area contributed by atoms with E-state index in [0.717, 1.165) is 5.56 Å². The maximum absolute atomic E-state index is 11.4. The molecule has 0 aliphatic rings. The molecule has 0 saturated carbocycles. The molecule has 1 amide bonds. The standard InChI is InChI=1S/C12H13NO3/c1-7(2)11(14)13-10-6-9(12(15)16)5-4-8(10)3/h4-6H,1H2,2-3H3,(H,13,14)(H,15,16).